The van der Waals surface area contributed by atoms with Gasteiger partial charge in [0.15, 0.2) is 5.82 Å². The lowest BCUT2D eigenvalue weighted by Crippen LogP contribution is -2.28. The molecule has 0 unspecified atom stereocenters. The van der Waals surface area contributed by atoms with E-state index in [-0.39, 0.29) is 5.82 Å². The lowest BCUT2D eigenvalue weighted by atomic mass is 10.3. The molecule has 0 radical (unpaired) electrons. The Labute approximate surface area is 124 Å². The summed E-state index contributed by atoms with van der Waals surface area (Å²) >= 11 is 0. The highest BCUT2D eigenvalue weighted by atomic mass is 32.2. The monoisotopic (exact) mass is 335 g/mol. The first-order valence-electron chi connectivity index (χ1n) is 6.18. The summed E-state index contributed by atoms with van der Waals surface area (Å²) in [6.07, 6.45) is 0.390. The fraction of sp³-hybridized carbons (Fsp3) is 0.333. The van der Waals surface area contributed by atoms with E-state index in [2.05, 4.69) is 14.3 Å². The predicted molar refractivity (Wildman–Crippen MR) is 71.1 cm³/mol. The van der Waals surface area contributed by atoms with Crippen LogP contribution in [-0.4, -0.2) is 28.7 Å². The molecule has 6 nitrogen and oxygen atoms in total. The topological polar surface area (TPSA) is 74.1 Å². The molecule has 22 heavy (non-hydrogen) atoms. The average Bonchev–Trinajstić information content (AvgIpc) is 2.80. The van der Waals surface area contributed by atoms with Crippen molar-refractivity contribution in [2.45, 2.75) is 25.8 Å². The van der Waals surface area contributed by atoms with Crippen LogP contribution >= 0.6 is 0 Å². The molecule has 0 atom stereocenters. The van der Waals surface area contributed by atoms with Crippen molar-refractivity contribution in [1.82, 2.24) is 14.8 Å². The Bertz CT molecular complexity index is 784. The minimum atomic E-state index is -5.77. The van der Waals surface area contributed by atoms with Crippen LogP contribution in [0.3, 0.4) is 0 Å². The van der Waals surface area contributed by atoms with Crippen LogP contribution in [-0.2, 0) is 16.5 Å². The first kappa shape index (κ1) is 16.3. The normalized spacial score (nSPS) is 12.4. The van der Waals surface area contributed by atoms with Crippen LogP contribution in [0.2, 0.25) is 0 Å². The maximum Gasteiger partial charge on any atom is 0.534 e. The van der Waals surface area contributed by atoms with Gasteiger partial charge in [-0.15, -0.1) is 0 Å². The van der Waals surface area contributed by atoms with Gasteiger partial charge in [-0.3, -0.25) is 0 Å². The highest BCUT2D eigenvalue weighted by molar-refractivity contribution is 7.87. The third-order valence-corrected chi connectivity index (χ3v) is 3.62. The van der Waals surface area contributed by atoms with E-state index in [1.54, 1.807) is 26.0 Å². The van der Waals surface area contributed by atoms with Crippen molar-refractivity contribution >= 4 is 10.1 Å². The standard InChI is InChI=1S/C12H12F3N3O3S/c1-3-9-7-11(21-22(19,20)12(13,14)15)18(17-9)10-6-4-5-8(2)16-10/h4-7H,3H2,1-2H3. The Morgan fingerprint density at radius 2 is 2.00 bits per heavy atom. The summed E-state index contributed by atoms with van der Waals surface area (Å²) in [5.41, 5.74) is -4.56. The van der Waals surface area contributed by atoms with Crippen molar-refractivity contribution in [2.24, 2.45) is 0 Å². The van der Waals surface area contributed by atoms with Gasteiger partial charge < -0.3 is 4.18 Å². The zero-order chi connectivity index (χ0) is 16.5. The Kier molecular flexibility index (Phi) is 4.14. The van der Waals surface area contributed by atoms with Gasteiger partial charge in [0.2, 0.25) is 5.88 Å². The first-order chi connectivity index (χ1) is 10.1. The smallest absolute Gasteiger partial charge is 0.355 e. The van der Waals surface area contributed by atoms with Gasteiger partial charge in [-0.2, -0.15) is 31.4 Å². The highest BCUT2D eigenvalue weighted by Gasteiger charge is 2.49. The quantitative estimate of drug-likeness (QED) is 0.633. The number of alkyl halides is 3. The molecule has 0 bridgehead atoms. The van der Waals surface area contributed by atoms with Crippen molar-refractivity contribution in [3.8, 4) is 11.7 Å². The third kappa shape index (κ3) is 3.21. The molecule has 0 N–H and O–H groups in total. The van der Waals surface area contributed by atoms with E-state index in [4.69, 9.17) is 0 Å². The van der Waals surface area contributed by atoms with Crippen LogP contribution in [0.15, 0.2) is 24.3 Å². The number of halogens is 3. The second-order valence-electron chi connectivity index (χ2n) is 4.36. The number of aryl methyl sites for hydroxylation is 2. The number of rotatable bonds is 4. The Balaban J connectivity index is 2.51. The number of hydrogen-bond acceptors (Lipinski definition) is 5. The van der Waals surface area contributed by atoms with E-state index in [9.17, 15) is 21.6 Å². The second kappa shape index (κ2) is 5.59. The fourth-order valence-corrected chi connectivity index (χ4v) is 2.05. The number of pyridine rings is 1. The van der Waals surface area contributed by atoms with Crippen LogP contribution < -0.4 is 4.18 Å². The second-order valence-corrected chi connectivity index (χ2v) is 5.90. The molecule has 10 heteroatoms. The molecule has 2 heterocycles. The molecule has 0 saturated carbocycles. The van der Waals surface area contributed by atoms with Gasteiger partial charge in [-0.25, -0.2) is 4.98 Å². The maximum atomic E-state index is 12.4. The van der Waals surface area contributed by atoms with Crippen LogP contribution in [0, 0.1) is 6.92 Å². The molecule has 0 fully saturated rings. The molecule has 0 aliphatic carbocycles. The van der Waals surface area contributed by atoms with Crippen molar-refractivity contribution in [3.05, 3.63) is 35.7 Å². The summed E-state index contributed by atoms with van der Waals surface area (Å²) in [5, 5.41) is 4.00. The molecular formula is C12H12F3N3O3S. The first-order valence-corrected chi connectivity index (χ1v) is 7.58. The molecule has 0 saturated heterocycles. The predicted octanol–water partition coefficient (Wildman–Crippen LogP) is 2.37. The zero-order valence-corrected chi connectivity index (χ0v) is 12.4. The van der Waals surface area contributed by atoms with Crippen molar-refractivity contribution < 1.29 is 25.8 Å². The molecule has 0 amide bonds. The molecule has 0 spiro atoms. The van der Waals surface area contributed by atoms with E-state index >= 15 is 0 Å². The van der Waals surface area contributed by atoms with Gasteiger partial charge in [-0.05, 0) is 25.5 Å². The largest absolute Gasteiger partial charge is 0.534 e. The SMILES string of the molecule is CCc1cc(OS(=O)(=O)C(F)(F)F)n(-c2cccc(C)n2)n1. The lowest BCUT2D eigenvalue weighted by molar-refractivity contribution is -0.0502. The summed E-state index contributed by atoms with van der Waals surface area (Å²) in [6, 6.07) is 5.91. The molecule has 2 aromatic rings. The van der Waals surface area contributed by atoms with Crippen LogP contribution in [0.5, 0.6) is 5.88 Å². The third-order valence-electron chi connectivity index (χ3n) is 2.66. The minimum Gasteiger partial charge on any atom is -0.355 e. The van der Waals surface area contributed by atoms with E-state index in [0.29, 0.717) is 17.8 Å². The molecule has 0 aliphatic rings. The van der Waals surface area contributed by atoms with Crippen LogP contribution in [0.1, 0.15) is 18.3 Å². The summed E-state index contributed by atoms with van der Waals surface area (Å²) < 4.78 is 64.8. The van der Waals surface area contributed by atoms with Crippen LogP contribution in [0.4, 0.5) is 13.2 Å². The van der Waals surface area contributed by atoms with E-state index < -0.39 is 21.5 Å². The van der Waals surface area contributed by atoms with Crippen molar-refractivity contribution in [2.75, 3.05) is 0 Å². The highest BCUT2D eigenvalue weighted by Crippen LogP contribution is 2.28. The average molecular weight is 335 g/mol. The number of aromatic nitrogens is 3. The van der Waals surface area contributed by atoms with Gasteiger partial charge in [0.05, 0.1) is 5.69 Å². The molecule has 0 aliphatic heterocycles. The van der Waals surface area contributed by atoms with Gasteiger partial charge in [0.1, 0.15) is 0 Å². The molecule has 2 aromatic heterocycles. The fourth-order valence-electron chi connectivity index (χ4n) is 1.61. The molecule has 2 rings (SSSR count). The van der Waals surface area contributed by atoms with Gasteiger partial charge in [0, 0.05) is 11.8 Å². The van der Waals surface area contributed by atoms with Gasteiger partial charge in [0.25, 0.3) is 0 Å². The number of nitrogens with zero attached hydrogens (tertiary/aromatic N) is 3. The summed E-state index contributed by atoms with van der Waals surface area (Å²) in [6.45, 7) is 3.40. The lowest BCUT2D eigenvalue weighted by Gasteiger charge is -2.10. The summed E-state index contributed by atoms with van der Waals surface area (Å²) in [5.74, 6) is -0.403. The Hall–Kier alpha value is -2.10. The maximum absolute atomic E-state index is 12.4. The van der Waals surface area contributed by atoms with E-state index in [1.165, 1.54) is 6.07 Å². The van der Waals surface area contributed by atoms with Crippen LogP contribution in [0.25, 0.3) is 5.82 Å². The Morgan fingerprint density at radius 3 is 2.55 bits per heavy atom. The Morgan fingerprint density at radius 1 is 1.32 bits per heavy atom. The number of hydrogen-bond donors (Lipinski definition) is 0. The van der Waals surface area contributed by atoms with Crippen molar-refractivity contribution in [3.63, 3.8) is 0 Å². The van der Waals surface area contributed by atoms with Gasteiger partial charge >= 0.3 is 15.6 Å². The van der Waals surface area contributed by atoms with E-state index in [1.807, 2.05) is 0 Å². The zero-order valence-electron chi connectivity index (χ0n) is 11.6. The van der Waals surface area contributed by atoms with Gasteiger partial charge in [-0.1, -0.05) is 13.0 Å². The van der Waals surface area contributed by atoms with E-state index in [0.717, 1.165) is 10.7 Å². The molecular weight excluding hydrogens is 323 g/mol. The molecule has 120 valence electrons. The molecule has 0 aromatic carbocycles. The summed E-state index contributed by atoms with van der Waals surface area (Å²) in [7, 11) is -5.77. The minimum absolute atomic E-state index is 0.159. The van der Waals surface area contributed by atoms with Crippen molar-refractivity contribution in [1.29, 1.82) is 0 Å². The summed E-state index contributed by atoms with van der Waals surface area (Å²) in [4.78, 5) is 4.09.